The Labute approximate surface area is 122 Å². The van der Waals surface area contributed by atoms with Gasteiger partial charge in [-0.15, -0.1) is 0 Å². The molecule has 1 rings (SSSR count). The van der Waals surface area contributed by atoms with E-state index >= 15 is 0 Å². The van der Waals surface area contributed by atoms with Gasteiger partial charge in [0.05, 0.1) is 0 Å². The monoisotopic (exact) mass is 366 g/mol. The first-order chi connectivity index (χ1) is 8.08. The number of rotatable bonds is 6. The van der Waals surface area contributed by atoms with Crippen molar-refractivity contribution >= 4 is 34.2 Å². The van der Waals surface area contributed by atoms with E-state index in [4.69, 9.17) is 17.4 Å². The Bertz CT molecular complexity index is 357. The van der Waals surface area contributed by atoms with Crippen LogP contribution < -0.4 is 11.3 Å². The fraction of sp³-hybridized carbons (Fsp3) is 0.538. The summed E-state index contributed by atoms with van der Waals surface area (Å²) in [6.45, 7) is 4.48. The Kier molecular flexibility index (Phi) is 6.77. The number of halogens is 2. The van der Waals surface area contributed by atoms with Gasteiger partial charge >= 0.3 is 0 Å². The maximum absolute atomic E-state index is 6.04. The maximum Gasteiger partial charge on any atom is 0.0473 e. The van der Waals surface area contributed by atoms with Gasteiger partial charge in [-0.3, -0.25) is 11.3 Å². The number of hydrazine groups is 1. The van der Waals surface area contributed by atoms with Crippen molar-refractivity contribution in [2.75, 3.05) is 0 Å². The largest absolute Gasteiger partial charge is 0.271 e. The average molecular weight is 367 g/mol. The van der Waals surface area contributed by atoms with Gasteiger partial charge in [0.25, 0.3) is 0 Å². The van der Waals surface area contributed by atoms with Crippen LogP contribution in [0.5, 0.6) is 0 Å². The van der Waals surface area contributed by atoms with Crippen molar-refractivity contribution in [3.05, 3.63) is 32.4 Å². The minimum absolute atomic E-state index is 0.183. The van der Waals surface area contributed by atoms with Gasteiger partial charge in [-0.1, -0.05) is 38.3 Å². The van der Waals surface area contributed by atoms with E-state index in [-0.39, 0.29) is 6.04 Å². The van der Waals surface area contributed by atoms with Crippen LogP contribution >= 0.6 is 34.2 Å². The Balaban J connectivity index is 2.82. The predicted molar refractivity (Wildman–Crippen MR) is 82.9 cm³/mol. The van der Waals surface area contributed by atoms with Crippen molar-refractivity contribution in [3.63, 3.8) is 0 Å². The third-order valence-electron chi connectivity index (χ3n) is 2.95. The summed E-state index contributed by atoms with van der Waals surface area (Å²) in [5, 5.41) is 0.767. The van der Waals surface area contributed by atoms with Crippen molar-refractivity contribution < 1.29 is 0 Å². The van der Waals surface area contributed by atoms with E-state index in [0.717, 1.165) is 11.4 Å². The molecule has 1 aromatic carbocycles. The summed E-state index contributed by atoms with van der Waals surface area (Å²) in [5.74, 6) is 6.33. The zero-order valence-corrected chi connectivity index (χ0v) is 13.3. The number of benzene rings is 1. The fourth-order valence-corrected chi connectivity index (χ4v) is 2.97. The molecule has 0 heterocycles. The minimum Gasteiger partial charge on any atom is -0.271 e. The minimum atomic E-state index is 0.183. The van der Waals surface area contributed by atoms with Gasteiger partial charge in [0, 0.05) is 14.6 Å². The molecule has 0 aliphatic heterocycles. The van der Waals surface area contributed by atoms with Crippen LogP contribution in [0.15, 0.2) is 18.2 Å². The third kappa shape index (κ3) is 4.73. The summed E-state index contributed by atoms with van der Waals surface area (Å²) >= 11 is 8.37. The standard InChI is InChI=1S/C13H20ClIN2/c1-3-4-9(2)7-13(17-16)11-8-10(14)5-6-12(11)15/h5-6,8-9,13,17H,3-4,7,16H2,1-2H3. The van der Waals surface area contributed by atoms with Gasteiger partial charge in [-0.25, -0.2) is 0 Å². The quantitative estimate of drug-likeness (QED) is 0.448. The second-order valence-electron chi connectivity index (χ2n) is 4.51. The first-order valence-electron chi connectivity index (χ1n) is 5.99. The Morgan fingerprint density at radius 1 is 1.47 bits per heavy atom. The van der Waals surface area contributed by atoms with Crippen molar-refractivity contribution in [3.8, 4) is 0 Å². The van der Waals surface area contributed by atoms with Crippen molar-refractivity contribution in [2.45, 2.75) is 39.2 Å². The highest BCUT2D eigenvalue weighted by atomic mass is 127. The van der Waals surface area contributed by atoms with Crippen LogP contribution in [-0.4, -0.2) is 0 Å². The molecule has 0 radical (unpaired) electrons. The van der Waals surface area contributed by atoms with E-state index in [2.05, 4.69) is 41.9 Å². The highest BCUT2D eigenvalue weighted by Gasteiger charge is 2.16. The van der Waals surface area contributed by atoms with Gasteiger partial charge in [0.1, 0.15) is 0 Å². The number of hydrogen-bond donors (Lipinski definition) is 2. The summed E-state index contributed by atoms with van der Waals surface area (Å²) in [4.78, 5) is 0. The van der Waals surface area contributed by atoms with Crippen LogP contribution in [0.25, 0.3) is 0 Å². The first-order valence-corrected chi connectivity index (χ1v) is 7.45. The molecule has 2 atom stereocenters. The summed E-state index contributed by atoms with van der Waals surface area (Å²) in [6, 6.07) is 6.14. The molecule has 0 bridgehead atoms. The molecule has 0 fully saturated rings. The molecule has 0 saturated heterocycles. The van der Waals surface area contributed by atoms with Gasteiger partial charge < -0.3 is 0 Å². The van der Waals surface area contributed by atoms with Crippen molar-refractivity contribution in [1.82, 2.24) is 5.43 Å². The third-order valence-corrected chi connectivity index (χ3v) is 4.17. The van der Waals surface area contributed by atoms with Gasteiger partial charge in [-0.05, 0) is 58.7 Å². The Morgan fingerprint density at radius 2 is 2.18 bits per heavy atom. The van der Waals surface area contributed by atoms with Crippen LogP contribution in [-0.2, 0) is 0 Å². The normalized spacial score (nSPS) is 14.6. The lowest BCUT2D eigenvalue weighted by molar-refractivity contribution is 0.394. The molecule has 17 heavy (non-hydrogen) atoms. The van der Waals surface area contributed by atoms with Crippen LogP contribution in [0, 0.1) is 9.49 Å². The molecule has 0 aliphatic carbocycles. The lowest BCUT2D eigenvalue weighted by atomic mass is 9.93. The highest BCUT2D eigenvalue weighted by Crippen LogP contribution is 2.28. The lowest BCUT2D eigenvalue weighted by Crippen LogP contribution is -2.30. The van der Waals surface area contributed by atoms with E-state index in [0.29, 0.717) is 5.92 Å². The molecule has 0 saturated carbocycles. The zero-order valence-electron chi connectivity index (χ0n) is 10.3. The van der Waals surface area contributed by atoms with Crippen LogP contribution in [0.4, 0.5) is 0 Å². The molecule has 2 unspecified atom stereocenters. The van der Waals surface area contributed by atoms with Crippen LogP contribution in [0.2, 0.25) is 5.02 Å². The van der Waals surface area contributed by atoms with E-state index in [9.17, 15) is 0 Å². The van der Waals surface area contributed by atoms with E-state index < -0.39 is 0 Å². The highest BCUT2D eigenvalue weighted by molar-refractivity contribution is 14.1. The number of nitrogens with two attached hydrogens (primary N) is 1. The number of hydrogen-bond acceptors (Lipinski definition) is 2. The molecular formula is C13H20ClIN2. The maximum atomic E-state index is 6.04. The molecule has 0 amide bonds. The molecule has 3 N–H and O–H groups in total. The molecule has 0 spiro atoms. The summed E-state index contributed by atoms with van der Waals surface area (Å²) in [6.07, 6.45) is 3.49. The molecule has 0 aliphatic rings. The van der Waals surface area contributed by atoms with E-state index in [1.54, 1.807) is 0 Å². The van der Waals surface area contributed by atoms with Gasteiger partial charge in [-0.2, -0.15) is 0 Å². The lowest BCUT2D eigenvalue weighted by Gasteiger charge is -2.21. The molecule has 96 valence electrons. The smallest absolute Gasteiger partial charge is 0.0473 e. The summed E-state index contributed by atoms with van der Waals surface area (Å²) in [7, 11) is 0. The van der Waals surface area contributed by atoms with E-state index in [1.807, 2.05) is 18.2 Å². The predicted octanol–water partition coefficient (Wildman–Crippen LogP) is 4.28. The van der Waals surface area contributed by atoms with Crippen molar-refractivity contribution in [2.24, 2.45) is 11.8 Å². The molecule has 1 aromatic rings. The van der Waals surface area contributed by atoms with Crippen LogP contribution in [0.3, 0.4) is 0 Å². The summed E-state index contributed by atoms with van der Waals surface area (Å²) in [5.41, 5.74) is 4.11. The summed E-state index contributed by atoms with van der Waals surface area (Å²) < 4.78 is 1.21. The van der Waals surface area contributed by atoms with Crippen molar-refractivity contribution in [1.29, 1.82) is 0 Å². The first kappa shape index (κ1) is 15.2. The van der Waals surface area contributed by atoms with Crippen LogP contribution in [0.1, 0.15) is 44.7 Å². The molecule has 4 heteroatoms. The SMILES string of the molecule is CCCC(C)CC(NN)c1cc(Cl)ccc1I. The molecular weight excluding hydrogens is 347 g/mol. The Morgan fingerprint density at radius 3 is 2.76 bits per heavy atom. The molecule has 2 nitrogen and oxygen atoms in total. The number of nitrogens with one attached hydrogen (secondary N) is 1. The topological polar surface area (TPSA) is 38.0 Å². The Hall–Kier alpha value is 0.160. The fourth-order valence-electron chi connectivity index (χ4n) is 2.08. The second kappa shape index (κ2) is 7.56. The molecule has 0 aromatic heterocycles. The van der Waals surface area contributed by atoms with E-state index in [1.165, 1.54) is 22.0 Å². The van der Waals surface area contributed by atoms with Gasteiger partial charge in [0.2, 0.25) is 0 Å². The van der Waals surface area contributed by atoms with Gasteiger partial charge in [0.15, 0.2) is 0 Å². The zero-order chi connectivity index (χ0) is 12.8. The second-order valence-corrected chi connectivity index (χ2v) is 6.11. The average Bonchev–Trinajstić information content (AvgIpc) is 2.30.